The van der Waals surface area contributed by atoms with E-state index in [9.17, 15) is 4.39 Å². The molecule has 1 aliphatic heterocycles. The molecule has 1 aliphatic carbocycles. The topological polar surface area (TPSA) is 34.1 Å². The first kappa shape index (κ1) is 15.2. The van der Waals surface area contributed by atoms with Crippen molar-refractivity contribution in [3.8, 4) is 5.88 Å². The van der Waals surface area contributed by atoms with Gasteiger partial charge in [0.05, 0.1) is 10.7 Å². The van der Waals surface area contributed by atoms with Crippen LogP contribution in [0, 0.1) is 17.7 Å². The second kappa shape index (κ2) is 5.93. The van der Waals surface area contributed by atoms with Crippen molar-refractivity contribution in [2.75, 3.05) is 13.1 Å². The highest BCUT2D eigenvalue weighted by Crippen LogP contribution is 2.56. The molecule has 1 saturated carbocycles. The molecule has 1 aromatic carbocycles. The Labute approximate surface area is 143 Å². The van der Waals surface area contributed by atoms with Crippen LogP contribution in [-0.2, 0) is 6.61 Å². The Morgan fingerprint density at radius 3 is 2.70 bits per heavy atom. The number of halogens is 3. The summed E-state index contributed by atoms with van der Waals surface area (Å²) in [5, 5.41) is 4.40. The van der Waals surface area contributed by atoms with Crippen LogP contribution in [0.5, 0.6) is 5.88 Å². The van der Waals surface area contributed by atoms with E-state index >= 15 is 0 Å². The molecule has 120 valence electrons. The Morgan fingerprint density at radius 1 is 1.17 bits per heavy atom. The largest absolute Gasteiger partial charge is 0.473 e. The van der Waals surface area contributed by atoms with E-state index in [1.165, 1.54) is 6.07 Å². The molecule has 2 heterocycles. The Morgan fingerprint density at radius 2 is 1.96 bits per heavy atom. The number of rotatable bonds is 4. The Balaban J connectivity index is 1.49. The maximum atomic E-state index is 13.8. The van der Waals surface area contributed by atoms with Crippen LogP contribution >= 0.6 is 23.2 Å². The molecule has 1 aromatic heterocycles. The Bertz CT molecular complexity index is 745. The molecule has 1 saturated heterocycles. The van der Waals surface area contributed by atoms with Crippen LogP contribution in [0.15, 0.2) is 30.3 Å². The molecule has 1 N–H and O–H groups in total. The molecule has 2 aliphatic rings. The minimum atomic E-state index is -0.380. The average molecular weight is 353 g/mol. The van der Waals surface area contributed by atoms with Gasteiger partial charge in [-0.25, -0.2) is 9.37 Å². The van der Waals surface area contributed by atoms with Gasteiger partial charge in [0, 0.05) is 22.6 Å². The normalized spacial score (nSPS) is 25.3. The zero-order valence-corrected chi connectivity index (χ0v) is 13.7. The number of nitrogens with one attached hydrogen (secondary N) is 1. The van der Waals surface area contributed by atoms with Crippen molar-refractivity contribution in [2.24, 2.45) is 11.8 Å². The number of benzene rings is 1. The van der Waals surface area contributed by atoms with Crippen LogP contribution in [-0.4, -0.2) is 18.1 Å². The maximum absolute atomic E-state index is 13.8. The van der Waals surface area contributed by atoms with E-state index in [1.807, 2.05) is 0 Å². The van der Waals surface area contributed by atoms with Gasteiger partial charge < -0.3 is 10.1 Å². The van der Waals surface area contributed by atoms with Crippen molar-refractivity contribution in [2.45, 2.75) is 12.5 Å². The van der Waals surface area contributed by atoms with Crippen LogP contribution in [0.25, 0.3) is 0 Å². The van der Waals surface area contributed by atoms with Gasteiger partial charge in [-0.1, -0.05) is 29.3 Å². The summed E-state index contributed by atoms with van der Waals surface area (Å²) >= 11 is 12.0. The van der Waals surface area contributed by atoms with Crippen molar-refractivity contribution in [1.29, 1.82) is 0 Å². The predicted octanol–water partition coefficient (Wildman–Crippen LogP) is 4.04. The van der Waals surface area contributed by atoms with Crippen LogP contribution in [0.2, 0.25) is 10.0 Å². The highest BCUT2D eigenvalue weighted by atomic mass is 35.5. The predicted molar refractivity (Wildman–Crippen MR) is 87.6 cm³/mol. The lowest BCUT2D eigenvalue weighted by Crippen LogP contribution is -2.14. The van der Waals surface area contributed by atoms with Gasteiger partial charge >= 0.3 is 0 Å². The zero-order valence-electron chi connectivity index (χ0n) is 12.2. The van der Waals surface area contributed by atoms with Crippen molar-refractivity contribution in [3.05, 3.63) is 57.5 Å². The Kier molecular flexibility index (Phi) is 3.92. The van der Waals surface area contributed by atoms with Gasteiger partial charge in [-0.05, 0) is 43.1 Å². The summed E-state index contributed by atoms with van der Waals surface area (Å²) in [4.78, 5) is 4.55. The Hall–Kier alpha value is -1.36. The molecule has 4 rings (SSSR count). The van der Waals surface area contributed by atoms with E-state index in [0.717, 1.165) is 18.8 Å². The number of aromatic nitrogens is 1. The van der Waals surface area contributed by atoms with Crippen molar-refractivity contribution in [3.63, 3.8) is 0 Å². The molecule has 3 nitrogen and oxygen atoms in total. The van der Waals surface area contributed by atoms with Gasteiger partial charge in [0.2, 0.25) is 5.88 Å². The van der Waals surface area contributed by atoms with Gasteiger partial charge in [-0.15, -0.1) is 0 Å². The molecule has 0 amide bonds. The lowest BCUT2D eigenvalue weighted by molar-refractivity contribution is 0.287. The van der Waals surface area contributed by atoms with E-state index in [4.69, 9.17) is 27.9 Å². The molecule has 2 unspecified atom stereocenters. The fourth-order valence-corrected chi connectivity index (χ4v) is 3.76. The molecule has 6 heteroatoms. The number of fused-ring (bicyclic) bond motifs is 1. The number of ether oxygens (including phenoxy) is 1. The highest BCUT2D eigenvalue weighted by molar-refractivity contribution is 6.31. The molecule has 0 spiro atoms. The minimum absolute atomic E-state index is 0.107. The third-order valence-corrected chi connectivity index (χ3v) is 5.20. The third kappa shape index (κ3) is 2.91. The fraction of sp³-hybridized carbons (Fsp3) is 0.353. The highest BCUT2D eigenvalue weighted by Gasteiger charge is 2.55. The number of hydrogen-bond acceptors (Lipinski definition) is 3. The molecule has 0 bridgehead atoms. The molecule has 2 aromatic rings. The van der Waals surface area contributed by atoms with Crippen LogP contribution in [0.4, 0.5) is 4.39 Å². The third-order valence-electron chi connectivity index (χ3n) is 4.65. The van der Waals surface area contributed by atoms with Crippen molar-refractivity contribution in [1.82, 2.24) is 10.3 Å². The van der Waals surface area contributed by atoms with Gasteiger partial charge in [0.15, 0.2) is 0 Å². The first-order valence-electron chi connectivity index (χ1n) is 7.57. The van der Waals surface area contributed by atoms with E-state index in [0.29, 0.717) is 39.2 Å². The summed E-state index contributed by atoms with van der Waals surface area (Å²) < 4.78 is 19.4. The second-order valence-electron chi connectivity index (χ2n) is 6.05. The van der Waals surface area contributed by atoms with Gasteiger partial charge in [-0.2, -0.15) is 0 Å². The lowest BCUT2D eigenvalue weighted by atomic mass is 10.2. The van der Waals surface area contributed by atoms with Gasteiger partial charge in [0.1, 0.15) is 12.4 Å². The molecular weight excluding hydrogens is 338 g/mol. The summed E-state index contributed by atoms with van der Waals surface area (Å²) in [6, 6.07) is 8.06. The van der Waals surface area contributed by atoms with Gasteiger partial charge in [-0.3, -0.25) is 0 Å². The van der Waals surface area contributed by atoms with E-state index in [1.54, 1.807) is 24.3 Å². The van der Waals surface area contributed by atoms with E-state index < -0.39 is 0 Å². The molecule has 2 atom stereocenters. The second-order valence-corrected chi connectivity index (χ2v) is 6.90. The monoisotopic (exact) mass is 352 g/mol. The lowest BCUT2D eigenvalue weighted by Gasteiger charge is -2.10. The SMILES string of the molecule is Fc1cc(Cl)ccc1COc1ccc(Cl)c(C2C3CNCC32)n1. The van der Waals surface area contributed by atoms with Crippen molar-refractivity contribution >= 4 is 23.2 Å². The zero-order chi connectivity index (χ0) is 16.0. The average Bonchev–Trinajstić information content (AvgIpc) is 2.99. The molecule has 2 fully saturated rings. The first-order valence-corrected chi connectivity index (χ1v) is 8.33. The molecule has 23 heavy (non-hydrogen) atoms. The summed E-state index contributed by atoms with van der Waals surface area (Å²) in [6.07, 6.45) is 0. The fourth-order valence-electron chi connectivity index (χ4n) is 3.37. The summed E-state index contributed by atoms with van der Waals surface area (Å²) in [5.74, 6) is 1.76. The van der Waals surface area contributed by atoms with Crippen molar-refractivity contribution < 1.29 is 9.13 Å². The standard InChI is InChI=1S/C17H15Cl2FN2O/c18-10-2-1-9(14(20)5-10)8-23-15-4-3-13(19)17(22-15)16-11-6-21-7-12(11)16/h1-5,11-12,16,21H,6-8H2. The molecular formula is C17H15Cl2FN2O. The number of nitrogens with zero attached hydrogens (tertiary/aromatic N) is 1. The van der Waals surface area contributed by atoms with Crippen LogP contribution < -0.4 is 10.1 Å². The van der Waals surface area contributed by atoms with Crippen LogP contribution in [0.1, 0.15) is 17.2 Å². The van der Waals surface area contributed by atoms with Gasteiger partial charge in [0.25, 0.3) is 0 Å². The van der Waals surface area contributed by atoms with E-state index in [-0.39, 0.29) is 12.4 Å². The number of piperidine rings is 1. The maximum Gasteiger partial charge on any atom is 0.213 e. The number of hydrogen-bond donors (Lipinski definition) is 1. The molecule has 0 radical (unpaired) electrons. The smallest absolute Gasteiger partial charge is 0.213 e. The van der Waals surface area contributed by atoms with E-state index in [2.05, 4.69) is 10.3 Å². The first-order chi connectivity index (χ1) is 11.1. The number of pyridine rings is 1. The summed E-state index contributed by atoms with van der Waals surface area (Å²) in [5.41, 5.74) is 1.34. The summed E-state index contributed by atoms with van der Waals surface area (Å²) in [6.45, 7) is 2.15. The minimum Gasteiger partial charge on any atom is -0.473 e. The summed E-state index contributed by atoms with van der Waals surface area (Å²) in [7, 11) is 0. The van der Waals surface area contributed by atoms with Crippen LogP contribution in [0.3, 0.4) is 0 Å². The quantitative estimate of drug-likeness (QED) is 0.901.